The molecule has 2 atom stereocenters. The number of aromatic nitrogens is 2. The summed E-state index contributed by atoms with van der Waals surface area (Å²) in [7, 11) is 0. The van der Waals surface area contributed by atoms with E-state index in [2.05, 4.69) is 14.8 Å². The summed E-state index contributed by atoms with van der Waals surface area (Å²) in [6.07, 6.45) is 11.9. The quantitative estimate of drug-likeness (QED) is 0.852. The molecule has 5 heteroatoms. The number of rotatable bonds is 3. The zero-order valence-electron chi connectivity index (χ0n) is 15.4. The van der Waals surface area contributed by atoms with Crippen molar-refractivity contribution in [3.05, 3.63) is 36.3 Å². The van der Waals surface area contributed by atoms with E-state index in [4.69, 9.17) is 0 Å². The number of hydrogen-bond donors (Lipinski definition) is 0. The summed E-state index contributed by atoms with van der Waals surface area (Å²) in [5.41, 5.74) is 1.53. The molecule has 3 aliphatic rings. The Morgan fingerprint density at radius 1 is 1.12 bits per heavy atom. The molecule has 3 fully saturated rings. The summed E-state index contributed by atoms with van der Waals surface area (Å²) in [6.45, 7) is 4.26. The Bertz CT molecular complexity index is 794. The van der Waals surface area contributed by atoms with Gasteiger partial charge in [0.15, 0.2) is 0 Å². The number of fused-ring (bicyclic) bond motifs is 2. The fourth-order valence-electron chi connectivity index (χ4n) is 5.33. The molecule has 5 nitrogen and oxygen atoms in total. The van der Waals surface area contributed by atoms with Crippen molar-refractivity contribution in [2.75, 3.05) is 26.2 Å². The van der Waals surface area contributed by atoms with Gasteiger partial charge in [-0.15, -0.1) is 0 Å². The van der Waals surface area contributed by atoms with Crippen LogP contribution in [0.5, 0.6) is 0 Å². The van der Waals surface area contributed by atoms with Gasteiger partial charge in [-0.25, -0.2) is 4.98 Å². The van der Waals surface area contributed by atoms with Crippen LogP contribution in [0.4, 0.5) is 0 Å². The standard InChI is InChI=1S/C21H28N4O/c26-21(19-12-22-20-8-4-5-10-25(19)20)23-11-9-18-17(14-23)15-24(18)13-16-6-2-1-3-7-16/h4-5,8,10,12,16-18H,1-3,6-7,9,11,13-15H2/t17-,18+/m1/s1. The van der Waals surface area contributed by atoms with Crippen molar-refractivity contribution >= 4 is 11.6 Å². The minimum atomic E-state index is 0.132. The Morgan fingerprint density at radius 2 is 2.00 bits per heavy atom. The smallest absolute Gasteiger partial charge is 0.272 e. The molecule has 26 heavy (non-hydrogen) atoms. The van der Waals surface area contributed by atoms with Gasteiger partial charge < -0.3 is 4.90 Å². The van der Waals surface area contributed by atoms with Gasteiger partial charge in [0.05, 0.1) is 6.20 Å². The lowest BCUT2D eigenvalue weighted by molar-refractivity contribution is -0.0473. The van der Waals surface area contributed by atoms with Gasteiger partial charge in [-0.3, -0.25) is 14.1 Å². The molecule has 2 aliphatic heterocycles. The molecule has 4 heterocycles. The van der Waals surface area contributed by atoms with E-state index in [1.165, 1.54) is 45.2 Å². The van der Waals surface area contributed by atoms with Crippen LogP contribution in [0.1, 0.15) is 49.0 Å². The SMILES string of the molecule is O=C(c1cnc2ccccn12)N1CC[C@H]2[C@H](C1)CN2CC1CCCCC1. The first-order chi connectivity index (χ1) is 12.8. The molecule has 0 spiro atoms. The molecule has 2 saturated heterocycles. The summed E-state index contributed by atoms with van der Waals surface area (Å²) in [6, 6.07) is 6.56. The highest BCUT2D eigenvalue weighted by molar-refractivity contribution is 5.93. The Balaban J connectivity index is 1.21. The van der Waals surface area contributed by atoms with Gasteiger partial charge in [-0.05, 0) is 37.3 Å². The topological polar surface area (TPSA) is 40.9 Å². The maximum atomic E-state index is 13.0. The molecular formula is C21H28N4O. The van der Waals surface area contributed by atoms with E-state index < -0.39 is 0 Å². The fourth-order valence-corrected chi connectivity index (χ4v) is 5.33. The predicted octanol–water partition coefficient (Wildman–Crippen LogP) is 3.06. The summed E-state index contributed by atoms with van der Waals surface area (Å²) in [5, 5.41) is 0. The van der Waals surface area contributed by atoms with Crippen molar-refractivity contribution in [2.45, 2.75) is 44.6 Å². The number of carbonyl (C=O) groups excluding carboxylic acids is 1. The first-order valence-electron chi connectivity index (χ1n) is 10.2. The van der Waals surface area contributed by atoms with E-state index in [-0.39, 0.29) is 5.91 Å². The highest BCUT2D eigenvalue weighted by Crippen LogP contribution is 2.35. The molecular weight excluding hydrogens is 324 g/mol. The number of hydrogen-bond acceptors (Lipinski definition) is 3. The normalized spacial score (nSPS) is 27.3. The largest absolute Gasteiger partial charge is 0.337 e. The van der Waals surface area contributed by atoms with Crippen molar-refractivity contribution in [1.29, 1.82) is 0 Å². The number of imidazole rings is 1. The molecule has 138 valence electrons. The number of nitrogens with zero attached hydrogens (tertiary/aromatic N) is 4. The second-order valence-electron chi connectivity index (χ2n) is 8.40. The first-order valence-corrected chi connectivity index (χ1v) is 10.2. The Hall–Kier alpha value is -1.88. The number of pyridine rings is 1. The number of amides is 1. The minimum Gasteiger partial charge on any atom is -0.337 e. The zero-order valence-corrected chi connectivity index (χ0v) is 15.4. The predicted molar refractivity (Wildman–Crippen MR) is 101 cm³/mol. The van der Waals surface area contributed by atoms with E-state index in [0.29, 0.717) is 17.7 Å². The molecule has 0 bridgehead atoms. The number of carbonyl (C=O) groups is 1. The van der Waals surface area contributed by atoms with E-state index in [1.54, 1.807) is 6.20 Å². The van der Waals surface area contributed by atoms with Crippen molar-refractivity contribution < 1.29 is 4.79 Å². The van der Waals surface area contributed by atoms with E-state index in [1.807, 2.05) is 28.8 Å². The van der Waals surface area contributed by atoms with Crippen LogP contribution in [0, 0.1) is 11.8 Å². The van der Waals surface area contributed by atoms with Crippen LogP contribution in [0.15, 0.2) is 30.6 Å². The van der Waals surface area contributed by atoms with Gasteiger partial charge in [0.2, 0.25) is 0 Å². The lowest BCUT2D eigenvalue weighted by Gasteiger charge is -2.54. The molecule has 2 aromatic heterocycles. The van der Waals surface area contributed by atoms with E-state index in [9.17, 15) is 4.79 Å². The maximum absolute atomic E-state index is 13.0. The van der Waals surface area contributed by atoms with Gasteiger partial charge in [0, 0.05) is 44.3 Å². The van der Waals surface area contributed by atoms with Crippen LogP contribution in [-0.4, -0.2) is 57.3 Å². The number of piperidine rings is 1. The molecule has 5 rings (SSSR count). The molecule has 0 unspecified atom stereocenters. The van der Waals surface area contributed by atoms with Crippen LogP contribution in [0.2, 0.25) is 0 Å². The van der Waals surface area contributed by atoms with Gasteiger partial charge in [-0.2, -0.15) is 0 Å². The minimum absolute atomic E-state index is 0.132. The second-order valence-corrected chi connectivity index (χ2v) is 8.40. The summed E-state index contributed by atoms with van der Waals surface area (Å²) in [4.78, 5) is 22.1. The third kappa shape index (κ3) is 2.82. The molecule has 0 N–H and O–H groups in total. The van der Waals surface area contributed by atoms with Crippen molar-refractivity contribution in [3.63, 3.8) is 0 Å². The molecule has 0 aromatic carbocycles. The monoisotopic (exact) mass is 352 g/mol. The van der Waals surface area contributed by atoms with Gasteiger partial charge in [0.25, 0.3) is 5.91 Å². The molecule has 0 radical (unpaired) electrons. The molecule has 1 aliphatic carbocycles. The summed E-state index contributed by atoms with van der Waals surface area (Å²) < 4.78 is 1.91. The van der Waals surface area contributed by atoms with Crippen LogP contribution in [0.3, 0.4) is 0 Å². The molecule has 1 saturated carbocycles. The van der Waals surface area contributed by atoms with Gasteiger partial charge in [0.1, 0.15) is 11.3 Å². The average Bonchev–Trinajstić information content (AvgIpc) is 3.10. The van der Waals surface area contributed by atoms with E-state index >= 15 is 0 Å². The highest BCUT2D eigenvalue weighted by Gasteiger charge is 2.44. The summed E-state index contributed by atoms with van der Waals surface area (Å²) >= 11 is 0. The van der Waals surface area contributed by atoms with Crippen molar-refractivity contribution in [2.24, 2.45) is 11.8 Å². The Kier molecular flexibility index (Phi) is 4.20. The average molecular weight is 352 g/mol. The van der Waals surface area contributed by atoms with Gasteiger partial charge >= 0.3 is 0 Å². The fraction of sp³-hybridized carbons (Fsp3) is 0.619. The first kappa shape index (κ1) is 16.3. The highest BCUT2D eigenvalue weighted by atomic mass is 16.2. The Morgan fingerprint density at radius 3 is 2.85 bits per heavy atom. The zero-order chi connectivity index (χ0) is 17.5. The van der Waals surface area contributed by atoms with Crippen molar-refractivity contribution in [1.82, 2.24) is 19.2 Å². The lowest BCUT2D eigenvalue weighted by Crippen LogP contribution is -2.64. The van der Waals surface area contributed by atoms with Crippen LogP contribution in [-0.2, 0) is 0 Å². The third-order valence-corrected chi connectivity index (χ3v) is 6.77. The van der Waals surface area contributed by atoms with E-state index in [0.717, 1.165) is 31.1 Å². The van der Waals surface area contributed by atoms with Crippen LogP contribution < -0.4 is 0 Å². The number of likely N-dealkylation sites (tertiary alicyclic amines) is 2. The maximum Gasteiger partial charge on any atom is 0.272 e. The molecule has 2 aromatic rings. The third-order valence-electron chi connectivity index (χ3n) is 6.77. The Labute approximate surface area is 155 Å². The van der Waals surface area contributed by atoms with Gasteiger partial charge in [-0.1, -0.05) is 25.3 Å². The summed E-state index contributed by atoms with van der Waals surface area (Å²) in [5.74, 6) is 1.71. The van der Waals surface area contributed by atoms with Crippen molar-refractivity contribution in [3.8, 4) is 0 Å². The van der Waals surface area contributed by atoms with Crippen LogP contribution >= 0.6 is 0 Å². The van der Waals surface area contributed by atoms with Crippen LogP contribution in [0.25, 0.3) is 5.65 Å². The molecule has 1 amide bonds. The second kappa shape index (κ2) is 6.69. The lowest BCUT2D eigenvalue weighted by atomic mass is 9.80.